The molecule has 3 rings (SSSR count). The van der Waals surface area contributed by atoms with E-state index in [9.17, 15) is 4.79 Å². The standard InChI is InChI=1S/C28H28N3O4P/c1-20(9-10-21-11-13-23(14-12-21)35-24-15-17-25(36)18-16-24)29-34-19-22-7-5-6-8-26(22)27(30-33-4)28(32)31(2)3/h5-8,11-18H,19,36H2,1-4H3/b29-20+,30-27+. The Morgan fingerprint density at radius 1 is 0.944 bits per heavy atom. The Kier molecular flexibility index (Phi) is 9.62. The maximum atomic E-state index is 12.5. The highest BCUT2D eigenvalue weighted by Gasteiger charge is 2.20. The second-order valence-corrected chi connectivity index (χ2v) is 8.54. The third kappa shape index (κ3) is 7.69. The van der Waals surface area contributed by atoms with E-state index in [-0.39, 0.29) is 18.2 Å². The zero-order valence-electron chi connectivity index (χ0n) is 20.7. The van der Waals surface area contributed by atoms with Crippen molar-refractivity contribution in [3.05, 3.63) is 89.5 Å². The van der Waals surface area contributed by atoms with Crippen LogP contribution in [0.2, 0.25) is 0 Å². The number of carbonyl (C=O) groups is 1. The van der Waals surface area contributed by atoms with Crippen LogP contribution in [0.5, 0.6) is 11.5 Å². The molecule has 0 heterocycles. The lowest BCUT2D eigenvalue weighted by atomic mass is 10.0. The zero-order valence-corrected chi connectivity index (χ0v) is 21.8. The molecule has 0 bridgehead atoms. The summed E-state index contributed by atoms with van der Waals surface area (Å²) in [5.41, 5.74) is 2.89. The molecule has 184 valence electrons. The minimum Gasteiger partial charge on any atom is -0.457 e. The van der Waals surface area contributed by atoms with Crippen molar-refractivity contribution in [3.63, 3.8) is 0 Å². The van der Waals surface area contributed by atoms with Crippen molar-refractivity contribution in [2.75, 3.05) is 21.2 Å². The van der Waals surface area contributed by atoms with Crippen molar-refractivity contribution >= 4 is 31.9 Å². The van der Waals surface area contributed by atoms with Gasteiger partial charge in [-0.25, -0.2) is 0 Å². The highest BCUT2D eigenvalue weighted by atomic mass is 31.0. The lowest BCUT2D eigenvalue weighted by Gasteiger charge is -2.14. The van der Waals surface area contributed by atoms with Crippen LogP contribution >= 0.6 is 9.24 Å². The van der Waals surface area contributed by atoms with Crippen LogP contribution in [0, 0.1) is 11.8 Å². The highest BCUT2D eigenvalue weighted by Crippen LogP contribution is 2.21. The van der Waals surface area contributed by atoms with Crippen molar-refractivity contribution in [1.29, 1.82) is 0 Å². The predicted molar refractivity (Wildman–Crippen MR) is 146 cm³/mol. The summed E-state index contributed by atoms with van der Waals surface area (Å²) in [5.74, 6) is 7.27. The highest BCUT2D eigenvalue weighted by molar-refractivity contribution is 7.27. The molecule has 1 atom stereocenters. The molecule has 0 radical (unpaired) electrons. The van der Waals surface area contributed by atoms with Crippen LogP contribution in [-0.2, 0) is 21.1 Å². The van der Waals surface area contributed by atoms with E-state index in [0.29, 0.717) is 11.3 Å². The quantitative estimate of drug-likeness (QED) is 0.199. The Bertz CT molecular complexity index is 1310. The SMILES string of the molecule is CO/N=C(/C(=O)N(C)C)c1ccccc1CO/N=C(\C)C#Cc1ccc(Oc2ccc(P)cc2)cc1. The molecule has 0 saturated carbocycles. The van der Waals surface area contributed by atoms with E-state index < -0.39 is 0 Å². The van der Waals surface area contributed by atoms with E-state index in [2.05, 4.69) is 31.4 Å². The van der Waals surface area contributed by atoms with Gasteiger partial charge in [0.1, 0.15) is 30.9 Å². The van der Waals surface area contributed by atoms with Gasteiger partial charge in [-0.2, -0.15) is 0 Å². The van der Waals surface area contributed by atoms with Gasteiger partial charge in [-0.15, -0.1) is 9.24 Å². The molecule has 3 aromatic rings. The average molecular weight is 502 g/mol. The number of oxime groups is 2. The Balaban J connectivity index is 1.63. The number of hydrogen-bond donors (Lipinski definition) is 0. The fraction of sp³-hybridized carbons (Fsp3) is 0.179. The summed E-state index contributed by atoms with van der Waals surface area (Å²) in [6, 6.07) is 22.6. The van der Waals surface area contributed by atoms with E-state index in [1.54, 1.807) is 27.1 Å². The lowest BCUT2D eigenvalue weighted by molar-refractivity contribution is -0.121. The van der Waals surface area contributed by atoms with E-state index in [1.807, 2.05) is 66.7 Å². The number of nitrogens with zero attached hydrogens (tertiary/aromatic N) is 3. The number of carbonyl (C=O) groups excluding carboxylic acids is 1. The summed E-state index contributed by atoms with van der Waals surface area (Å²) in [6.07, 6.45) is 0. The van der Waals surface area contributed by atoms with Gasteiger partial charge in [-0.1, -0.05) is 52.6 Å². The van der Waals surface area contributed by atoms with Crippen LogP contribution in [0.25, 0.3) is 0 Å². The first kappa shape index (κ1) is 26.5. The Morgan fingerprint density at radius 2 is 1.58 bits per heavy atom. The summed E-state index contributed by atoms with van der Waals surface area (Å²) in [5, 5.41) is 9.11. The van der Waals surface area contributed by atoms with Crippen molar-refractivity contribution in [1.82, 2.24) is 4.90 Å². The van der Waals surface area contributed by atoms with E-state index >= 15 is 0 Å². The monoisotopic (exact) mass is 501 g/mol. The van der Waals surface area contributed by atoms with Crippen LogP contribution in [0.15, 0.2) is 83.1 Å². The van der Waals surface area contributed by atoms with Gasteiger partial charge < -0.3 is 19.3 Å². The Hall–Kier alpha value is -4.14. The Labute approximate surface area is 213 Å². The minimum atomic E-state index is -0.274. The summed E-state index contributed by atoms with van der Waals surface area (Å²) in [4.78, 5) is 24.4. The fourth-order valence-electron chi connectivity index (χ4n) is 3.05. The molecular formula is C28H28N3O4P. The molecule has 0 aliphatic rings. The number of hydrogen-bond acceptors (Lipinski definition) is 6. The number of likely N-dealkylation sites (N-methyl/N-ethyl adjacent to an activating group) is 1. The topological polar surface area (TPSA) is 72.7 Å². The normalized spacial score (nSPS) is 11.2. The molecule has 0 saturated heterocycles. The molecule has 3 aromatic carbocycles. The van der Waals surface area contributed by atoms with Gasteiger partial charge in [-0.3, -0.25) is 4.79 Å². The van der Waals surface area contributed by atoms with Crippen molar-refractivity contribution in [2.45, 2.75) is 13.5 Å². The molecule has 0 aromatic heterocycles. The number of rotatable bonds is 8. The van der Waals surface area contributed by atoms with Gasteiger partial charge in [0.15, 0.2) is 5.71 Å². The summed E-state index contributed by atoms with van der Waals surface area (Å²) in [6.45, 7) is 1.90. The van der Waals surface area contributed by atoms with Gasteiger partial charge in [0.25, 0.3) is 5.91 Å². The van der Waals surface area contributed by atoms with Gasteiger partial charge in [-0.05, 0) is 54.5 Å². The molecule has 0 aliphatic heterocycles. The van der Waals surface area contributed by atoms with Crippen LogP contribution in [0.1, 0.15) is 23.6 Å². The minimum absolute atomic E-state index is 0.141. The zero-order chi connectivity index (χ0) is 25.9. The first-order valence-electron chi connectivity index (χ1n) is 11.1. The van der Waals surface area contributed by atoms with Gasteiger partial charge >= 0.3 is 0 Å². The van der Waals surface area contributed by atoms with Gasteiger partial charge in [0.05, 0.1) is 0 Å². The average Bonchev–Trinajstić information content (AvgIpc) is 2.88. The van der Waals surface area contributed by atoms with Crippen molar-refractivity contribution in [3.8, 4) is 23.3 Å². The third-order valence-electron chi connectivity index (χ3n) is 4.84. The van der Waals surface area contributed by atoms with Crippen molar-refractivity contribution < 1.29 is 19.2 Å². The molecule has 0 spiro atoms. The van der Waals surface area contributed by atoms with Crippen molar-refractivity contribution in [2.24, 2.45) is 10.3 Å². The molecule has 8 heteroatoms. The molecule has 1 amide bonds. The number of ether oxygens (including phenoxy) is 1. The van der Waals surface area contributed by atoms with E-state index in [0.717, 1.165) is 27.9 Å². The molecular weight excluding hydrogens is 473 g/mol. The second kappa shape index (κ2) is 13.1. The fourth-order valence-corrected chi connectivity index (χ4v) is 3.24. The summed E-state index contributed by atoms with van der Waals surface area (Å²) < 4.78 is 5.84. The van der Waals surface area contributed by atoms with Crippen LogP contribution < -0.4 is 10.0 Å². The summed E-state index contributed by atoms with van der Waals surface area (Å²) in [7, 11) is 7.36. The predicted octanol–water partition coefficient (Wildman–Crippen LogP) is 4.36. The molecule has 0 fully saturated rings. The first-order chi connectivity index (χ1) is 17.4. The van der Waals surface area contributed by atoms with Gasteiger partial charge in [0.2, 0.25) is 0 Å². The maximum Gasteiger partial charge on any atom is 0.276 e. The lowest BCUT2D eigenvalue weighted by Crippen LogP contribution is -2.31. The largest absolute Gasteiger partial charge is 0.457 e. The molecule has 36 heavy (non-hydrogen) atoms. The maximum absolute atomic E-state index is 12.5. The van der Waals surface area contributed by atoms with Gasteiger partial charge in [0, 0.05) is 30.8 Å². The molecule has 7 nitrogen and oxygen atoms in total. The third-order valence-corrected chi connectivity index (χ3v) is 5.23. The first-order valence-corrected chi connectivity index (χ1v) is 11.7. The number of amides is 1. The number of benzene rings is 3. The van der Waals surface area contributed by atoms with Crippen LogP contribution in [-0.4, -0.2) is 43.4 Å². The van der Waals surface area contributed by atoms with Crippen LogP contribution in [0.4, 0.5) is 0 Å². The Morgan fingerprint density at radius 3 is 2.22 bits per heavy atom. The molecule has 0 N–H and O–H groups in total. The van der Waals surface area contributed by atoms with E-state index in [4.69, 9.17) is 14.4 Å². The summed E-state index contributed by atoms with van der Waals surface area (Å²) >= 11 is 0. The van der Waals surface area contributed by atoms with E-state index in [1.165, 1.54) is 12.0 Å². The smallest absolute Gasteiger partial charge is 0.276 e. The molecule has 0 aliphatic carbocycles. The molecule has 1 unspecified atom stereocenters. The van der Waals surface area contributed by atoms with Crippen LogP contribution in [0.3, 0.4) is 0 Å². The second-order valence-electron chi connectivity index (χ2n) is 7.87.